The van der Waals surface area contributed by atoms with E-state index in [0.717, 1.165) is 21.8 Å². The summed E-state index contributed by atoms with van der Waals surface area (Å²) in [6.07, 6.45) is 7.68. The summed E-state index contributed by atoms with van der Waals surface area (Å²) in [4.78, 5) is 14.7. The van der Waals surface area contributed by atoms with E-state index < -0.39 is 0 Å². The van der Waals surface area contributed by atoms with Crippen LogP contribution in [-0.2, 0) is 0 Å². The van der Waals surface area contributed by atoms with Crippen LogP contribution in [0.4, 0.5) is 0 Å². The lowest BCUT2D eigenvalue weighted by Crippen LogP contribution is -2.49. The van der Waals surface area contributed by atoms with Gasteiger partial charge < -0.3 is 4.90 Å². The molecule has 1 amide bonds. The maximum atomic E-state index is 12.6. The molecule has 18 heavy (non-hydrogen) atoms. The minimum atomic E-state index is 0.244. The van der Waals surface area contributed by atoms with Gasteiger partial charge in [0.1, 0.15) is 0 Å². The predicted molar refractivity (Wildman–Crippen MR) is 78.0 cm³/mol. The van der Waals surface area contributed by atoms with Crippen molar-refractivity contribution >= 4 is 33.2 Å². The SMILES string of the molecule is O=C(c1csc(Br)c1)N1CCC[C@@H]2CCCC[C@@H]21. The molecule has 1 aliphatic heterocycles. The largest absolute Gasteiger partial charge is 0.335 e. The maximum Gasteiger partial charge on any atom is 0.254 e. The van der Waals surface area contributed by atoms with E-state index in [9.17, 15) is 4.79 Å². The number of nitrogens with zero attached hydrogens (tertiary/aromatic N) is 1. The first kappa shape index (κ1) is 12.7. The number of halogens is 1. The lowest BCUT2D eigenvalue weighted by molar-refractivity contribution is 0.0391. The molecular formula is C14H18BrNOS. The molecule has 1 aliphatic carbocycles. The first-order chi connectivity index (χ1) is 8.75. The van der Waals surface area contributed by atoms with Crippen molar-refractivity contribution in [1.29, 1.82) is 0 Å². The molecule has 0 spiro atoms. The van der Waals surface area contributed by atoms with Gasteiger partial charge in [-0.15, -0.1) is 11.3 Å². The number of hydrogen-bond donors (Lipinski definition) is 0. The van der Waals surface area contributed by atoms with Crippen LogP contribution in [0.1, 0.15) is 48.9 Å². The zero-order chi connectivity index (χ0) is 12.5. The van der Waals surface area contributed by atoms with E-state index in [-0.39, 0.29) is 5.91 Å². The highest BCUT2D eigenvalue weighted by atomic mass is 79.9. The molecule has 3 rings (SSSR count). The number of hydrogen-bond acceptors (Lipinski definition) is 2. The van der Waals surface area contributed by atoms with Gasteiger partial charge in [0.05, 0.1) is 9.35 Å². The molecular weight excluding hydrogens is 310 g/mol. The lowest BCUT2D eigenvalue weighted by atomic mass is 9.78. The molecule has 1 aromatic rings. The minimum Gasteiger partial charge on any atom is -0.335 e. The van der Waals surface area contributed by atoms with Crippen LogP contribution in [0.5, 0.6) is 0 Å². The molecule has 4 heteroatoms. The van der Waals surface area contributed by atoms with Crippen molar-refractivity contribution in [3.8, 4) is 0 Å². The van der Waals surface area contributed by atoms with Crippen LogP contribution in [0.2, 0.25) is 0 Å². The molecule has 0 unspecified atom stereocenters. The standard InChI is InChI=1S/C14H18BrNOS/c15-13-8-11(9-18-13)14(17)16-7-3-5-10-4-1-2-6-12(10)16/h8-10,12H,1-7H2/t10-,12-/m0/s1. The van der Waals surface area contributed by atoms with E-state index in [1.54, 1.807) is 11.3 Å². The molecule has 2 fully saturated rings. The molecule has 0 aromatic carbocycles. The Labute approximate surface area is 120 Å². The molecule has 2 atom stereocenters. The second-order valence-electron chi connectivity index (χ2n) is 5.39. The Balaban J connectivity index is 1.79. The fourth-order valence-corrected chi connectivity index (χ4v) is 4.60. The van der Waals surface area contributed by atoms with E-state index in [2.05, 4.69) is 20.8 Å². The van der Waals surface area contributed by atoms with Gasteiger partial charge in [0, 0.05) is 18.0 Å². The summed E-state index contributed by atoms with van der Waals surface area (Å²) in [5.74, 6) is 1.01. The summed E-state index contributed by atoms with van der Waals surface area (Å²) in [6.45, 7) is 0.952. The van der Waals surface area contributed by atoms with Gasteiger partial charge in [0.15, 0.2) is 0 Å². The Morgan fingerprint density at radius 2 is 2.06 bits per heavy atom. The van der Waals surface area contributed by atoms with Crippen LogP contribution in [0, 0.1) is 5.92 Å². The molecule has 1 aromatic heterocycles. The second-order valence-corrected chi connectivity index (χ2v) is 7.68. The number of rotatable bonds is 1. The third-order valence-electron chi connectivity index (χ3n) is 4.32. The first-order valence-electron chi connectivity index (χ1n) is 6.81. The summed E-state index contributed by atoms with van der Waals surface area (Å²) < 4.78 is 1.04. The van der Waals surface area contributed by atoms with Gasteiger partial charge in [0.25, 0.3) is 5.91 Å². The van der Waals surface area contributed by atoms with Crippen LogP contribution < -0.4 is 0 Å². The monoisotopic (exact) mass is 327 g/mol. The Morgan fingerprint density at radius 3 is 2.83 bits per heavy atom. The van der Waals surface area contributed by atoms with Crippen molar-refractivity contribution in [3.63, 3.8) is 0 Å². The lowest BCUT2D eigenvalue weighted by Gasteiger charge is -2.44. The number of piperidine rings is 1. The quantitative estimate of drug-likeness (QED) is 0.752. The summed E-state index contributed by atoms with van der Waals surface area (Å²) in [5.41, 5.74) is 0.859. The Hall–Kier alpha value is -0.350. The molecule has 98 valence electrons. The Morgan fingerprint density at radius 1 is 1.28 bits per heavy atom. The van der Waals surface area contributed by atoms with E-state index in [4.69, 9.17) is 0 Å². The van der Waals surface area contributed by atoms with Crippen molar-refractivity contribution in [2.45, 2.75) is 44.6 Å². The van der Waals surface area contributed by atoms with Gasteiger partial charge in [-0.25, -0.2) is 0 Å². The molecule has 2 aliphatic rings. The van der Waals surface area contributed by atoms with Gasteiger partial charge in [-0.3, -0.25) is 4.79 Å². The minimum absolute atomic E-state index is 0.244. The highest BCUT2D eigenvalue weighted by Crippen LogP contribution is 2.36. The maximum absolute atomic E-state index is 12.6. The van der Waals surface area contributed by atoms with E-state index in [1.165, 1.54) is 38.5 Å². The highest BCUT2D eigenvalue weighted by Gasteiger charge is 2.36. The third-order valence-corrected chi connectivity index (χ3v) is 5.82. The van der Waals surface area contributed by atoms with Crippen LogP contribution in [-0.4, -0.2) is 23.4 Å². The molecule has 0 radical (unpaired) electrons. The number of thiophene rings is 1. The average molecular weight is 328 g/mol. The second kappa shape index (κ2) is 5.33. The molecule has 2 heterocycles. The van der Waals surface area contributed by atoms with E-state index >= 15 is 0 Å². The zero-order valence-corrected chi connectivity index (χ0v) is 12.8. The zero-order valence-electron chi connectivity index (χ0n) is 10.4. The fourth-order valence-electron chi connectivity index (χ4n) is 3.46. The normalized spacial score (nSPS) is 27.9. The van der Waals surface area contributed by atoms with Crippen molar-refractivity contribution in [2.75, 3.05) is 6.54 Å². The first-order valence-corrected chi connectivity index (χ1v) is 8.48. The third kappa shape index (κ3) is 2.37. The van der Waals surface area contributed by atoms with E-state index in [0.29, 0.717) is 6.04 Å². The number of likely N-dealkylation sites (tertiary alicyclic amines) is 1. The van der Waals surface area contributed by atoms with Crippen LogP contribution in [0.25, 0.3) is 0 Å². The number of carbonyl (C=O) groups excluding carboxylic acids is 1. The van der Waals surface area contributed by atoms with Gasteiger partial charge in [-0.1, -0.05) is 12.8 Å². The fraction of sp³-hybridized carbons (Fsp3) is 0.643. The Bertz CT molecular complexity index is 443. The van der Waals surface area contributed by atoms with Gasteiger partial charge >= 0.3 is 0 Å². The number of carbonyl (C=O) groups is 1. The molecule has 1 saturated heterocycles. The smallest absolute Gasteiger partial charge is 0.254 e. The highest BCUT2D eigenvalue weighted by molar-refractivity contribution is 9.11. The van der Waals surface area contributed by atoms with Crippen LogP contribution in [0.3, 0.4) is 0 Å². The molecule has 1 saturated carbocycles. The summed E-state index contributed by atoms with van der Waals surface area (Å²) in [6, 6.07) is 2.47. The van der Waals surface area contributed by atoms with Gasteiger partial charge in [-0.2, -0.15) is 0 Å². The average Bonchev–Trinajstić information content (AvgIpc) is 2.84. The van der Waals surface area contributed by atoms with Crippen LogP contribution >= 0.6 is 27.3 Å². The van der Waals surface area contributed by atoms with Crippen molar-refractivity contribution < 1.29 is 4.79 Å². The van der Waals surface area contributed by atoms with E-state index in [1.807, 2.05) is 11.4 Å². The van der Waals surface area contributed by atoms with Gasteiger partial charge in [0.2, 0.25) is 0 Å². The summed E-state index contributed by atoms with van der Waals surface area (Å²) >= 11 is 5.04. The molecule has 0 bridgehead atoms. The van der Waals surface area contributed by atoms with Crippen molar-refractivity contribution in [1.82, 2.24) is 4.90 Å². The summed E-state index contributed by atoms with van der Waals surface area (Å²) in [7, 11) is 0. The summed E-state index contributed by atoms with van der Waals surface area (Å²) in [5, 5.41) is 1.97. The number of amides is 1. The Kier molecular flexibility index (Phi) is 3.76. The topological polar surface area (TPSA) is 20.3 Å². The molecule has 2 nitrogen and oxygen atoms in total. The van der Waals surface area contributed by atoms with Crippen molar-refractivity contribution in [3.05, 3.63) is 20.8 Å². The van der Waals surface area contributed by atoms with Gasteiger partial charge in [-0.05, 0) is 53.6 Å². The number of fused-ring (bicyclic) bond motifs is 1. The molecule has 0 N–H and O–H groups in total. The van der Waals surface area contributed by atoms with Crippen LogP contribution in [0.15, 0.2) is 15.2 Å². The predicted octanol–water partition coefficient (Wildman–Crippen LogP) is 4.31. The van der Waals surface area contributed by atoms with Crippen molar-refractivity contribution in [2.24, 2.45) is 5.92 Å².